The fourth-order valence-electron chi connectivity index (χ4n) is 4.41. The van der Waals surface area contributed by atoms with Gasteiger partial charge in [0.2, 0.25) is 5.91 Å². The molecule has 2 aliphatic rings. The molecule has 0 spiro atoms. The van der Waals surface area contributed by atoms with Crippen LogP contribution >= 0.6 is 0 Å². The zero-order valence-corrected chi connectivity index (χ0v) is 17.9. The Morgan fingerprint density at radius 2 is 1.61 bits per heavy atom. The van der Waals surface area contributed by atoms with Crippen molar-refractivity contribution in [3.8, 4) is 11.1 Å². The molecule has 5 nitrogen and oxygen atoms in total. The molecule has 2 amide bonds. The lowest BCUT2D eigenvalue weighted by Gasteiger charge is -2.29. The Balaban J connectivity index is 1.38. The van der Waals surface area contributed by atoms with E-state index in [1.165, 1.54) is 31.4 Å². The largest absolute Gasteiger partial charge is 0.340 e. The van der Waals surface area contributed by atoms with Crippen molar-refractivity contribution in [1.82, 2.24) is 14.7 Å². The molecule has 0 unspecified atom stereocenters. The van der Waals surface area contributed by atoms with Crippen molar-refractivity contribution in [3.63, 3.8) is 0 Å². The summed E-state index contributed by atoms with van der Waals surface area (Å²) in [6.45, 7) is 5.47. The molecule has 0 atom stereocenters. The Hall–Kier alpha value is -2.73. The summed E-state index contributed by atoms with van der Waals surface area (Å²) in [5.74, 6) is -0.211. The molecule has 164 valence electrons. The van der Waals surface area contributed by atoms with Crippen LogP contribution in [0.2, 0.25) is 0 Å². The molecule has 2 aromatic carbocycles. The first-order valence-electron chi connectivity index (χ1n) is 11.3. The van der Waals surface area contributed by atoms with Crippen LogP contribution in [-0.2, 0) is 4.79 Å². The maximum Gasteiger partial charge on any atom is 0.253 e. The number of rotatable bonds is 5. The van der Waals surface area contributed by atoms with E-state index in [1.807, 2.05) is 23.1 Å². The number of amides is 2. The van der Waals surface area contributed by atoms with Gasteiger partial charge >= 0.3 is 0 Å². The van der Waals surface area contributed by atoms with Crippen LogP contribution in [0.15, 0.2) is 48.5 Å². The van der Waals surface area contributed by atoms with Crippen LogP contribution < -0.4 is 0 Å². The second kappa shape index (κ2) is 10.1. The third-order valence-corrected chi connectivity index (χ3v) is 6.30. The molecule has 0 aliphatic carbocycles. The van der Waals surface area contributed by atoms with Gasteiger partial charge in [0, 0.05) is 44.7 Å². The van der Waals surface area contributed by atoms with Crippen molar-refractivity contribution < 1.29 is 14.0 Å². The van der Waals surface area contributed by atoms with E-state index in [1.54, 1.807) is 23.1 Å². The van der Waals surface area contributed by atoms with Crippen LogP contribution in [0.5, 0.6) is 0 Å². The quantitative estimate of drug-likeness (QED) is 0.737. The molecule has 2 aliphatic heterocycles. The van der Waals surface area contributed by atoms with Crippen LogP contribution in [0.4, 0.5) is 4.39 Å². The minimum atomic E-state index is -0.282. The molecular formula is C25H30FN3O2. The maximum absolute atomic E-state index is 13.2. The predicted molar refractivity (Wildman–Crippen MR) is 119 cm³/mol. The monoisotopic (exact) mass is 423 g/mol. The SMILES string of the molecule is O=C1CCN(C(=O)c2cccc(-c3ccc(F)cc3)c2)CCN1CCN1CCCCC1. The summed E-state index contributed by atoms with van der Waals surface area (Å²) in [7, 11) is 0. The van der Waals surface area contributed by atoms with Crippen molar-refractivity contribution >= 4 is 11.8 Å². The Morgan fingerprint density at radius 3 is 2.39 bits per heavy atom. The smallest absolute Gasteiger partial charge is 0.253 e. The number of carbonyl (C=O) groups excluding carboxylic acids is 2. The van der Waals surface area contributed by atoms with E-state index in [4.69, 9.17) is 0 Å². The first kappa shape index (κ1) is 21.5. The normalized spacial score (nSPS) is 18.2. The van der Waals surface area contributed by atoms with Gasteiger partial charge in [-0.05, 0) is 61.3 Å². The molecule has 31 heavy (non-hydrogen) atoms. The Labute approximate surface area is 183 Å². The highest BCUT2D eigenvalue weighted by Crippen LogP contribution is 2.22. The Morgan fingerprint density at radius 1 is 0.839 bits per heavy atom. The summed E-state index contributed by atoms with van der Waals surface area (Å²) >= 11 is 0. The van der Waals surface area contributed by atoms with Crippen molar-refractivity contribution in [3.05, 3.63) is 59.9 Å². The van der Waals surface area contributed by atoms with Gasteiger partial charge in [-0.3, -0.25) is 9.59 Å². The minimum Gasteiger partial charge on any atom is -0.340 e. The Kier molecular flexibility index (Phi) is 6.97. The van der Waals surface area contributed by atoms with E-state index in [0.717, 1.165) is 37.3 Å². The molecule has 6 heteroatoms. The molecular weight excluding hydrogens is 393 g/mol. The van der Waals surface area contributed by atoms with Crippen molar-refractivity contribution in [2.45, 2.75) is 25.7 Å². The molecule has 4 rings (SSSR count). The lowest BCUT2D eigenvalue weighted by atomic mass is 10.0. The third kappa shape index (κ3) is 5.50. The van der Waals surface area contributed by atoms with Crippen LogP contribution in [0.25, 0.3) is 11.1 Å². The predicted octanol–water partition coefficient (Wildman–Crippen LogP) is 3.65. The second-order valence-electron chi connectivity index (χ2n) is 8.41. The number of likely N-dealkylation sites (tertiary alicyclic amines) is 1. The number of carbonyl (C=O) groups is 2. The molecule has 2 heterocycles. The van der Waals surface area contributed by atoms with E-state index < -0.39 is 0 Å². The first-order valence-corrected chi connectivity index (χ1v) is 11.3. The number of piperidine rings is 1. The topological polar surface area (TPSA) is 43.9 Å². The average Bonchev–Trinajstić information content (AvgIpc) is 3.00. The van der Waals surface area contributed by atoms with Gasteiger partial charge in [-0.15, -0.1) is 0 Å². The van der Waals surface area contributed by atoms with Crippen LogP contribution in [-0.4, -0.2) is 72.3 Å². The highest BCUT2D eigenvalue weighted by atomic mass is 19.1. The first-order chi connectivity index (χ1) is 15.1. The van der Waals surface area contributed by atoms with Gasteiger partial charge in [0.25, 0.3) is 5.91 Å². The highest BCUT2D eigenvalue weighted by molar-refractivity contribution is 5.96. The van der Waals surface area contributed by atoms with E-state index in [0.29, 0.717) is 31.6 Å². The molecule has 0 radical (unpaired) electrons. The highest BCUT2D eigenvalue weighted by Gasteiger charge is 2.25. The van der Waals surface area contributed by atoms with E-state index in [2.05, 4.69) is 4.90 Å². The van der Waals surface area contributed by atoms with E-state index in [9.17, 15) is 14.0 Å². The summed E-state index contributed by atoms with van der Waals surface area (Å²) in [6.07, 6.45) is 4.16. The number of halogens is 1. The zero-order valence-electron chi connectivity index (χ0n) is 17.9. The van der Waals surface area contributed by atoms with Gasteiger partial charge in [-0.25, -0.2) is 4.39 Å². The molecule has 0 N–H and O–H groups in total. The molecule has 2 fully saturated rings. The number of hydrogen-bond acceptors (Lipinski definition) is 3. The summed E-state index contributed by atoms with van der Waals surface area (Å²) < 4.78 is 13.2. The third-order valence-electron chi connectivity index (χ3n) is 6.30. The van der Waals surface area contributed by atoms with E-state index >= 15 is 0 Å². The summed E-state index contributed by atoms with van der Waals surface area (Å²) in [5.41, 5.74) is 2.34. The molecule has 0 aromatic heterocycles. The van der Waals surface area contributed by atoms with Gasteiger partial charge in [-0.2, -0.15) is 0 Å². The van der Waals surface area contributed by atoms with Crippen molar-refractivity contribution in [1.29, 1.82) is 0 Å². The van der Waals surface area contributed by atoms with Gasteiger partial charge in [0.15, 0.2) is 0 Å². The van der Waals surface area contributed by atoms with Crippen molar-refractivity contribution in [2.24, 2.45) is 0 Å². The average molecular weight is 424 g/mol. The summed E-state index contributed by atoms with van der Waals surface area (Å²) in [5, 5.41) is 0. The number of benzene rings is 2. The maximum atomic E-state index is 13.2. The molecule has 0 bridgehead atoms. The number of hydrogen-bond donors (Lipinski definition) is 0. The minimum absolute atomic E-state index is 0.0605. The fourth-order valence-corrected chi connectivity index (χ4v) is 4.41. The van der Waals surface area contributed by atoms with E-state index in [-0.39, 0.29) is 17.6 Å². The Bertz CT molecular complexity index is 909. The van der Waals surface area contributed by atoms with Gasteiger partial charge in [0.1, 0.15) is 5.82 Å². The molecule has 2 aromatic rings. The summed E-state index contributed by atoms with van der Waals surface area (Å²) in [6, 6.07) is 13.7. The van der Waals surface area contributed by atoms with Gasteiger partial charge < -0.3 is 14.7 Å². The fraction of sp³-hybridized carbons (Fsp3) is 0.440. The van der Waals surface area contributed by atoms with Gasteiger partial charge in [0.05, 0.1) is 0 Å². The number of nitrogens with zero attached hydrogens (tertiary/aromatic N) is 3. The van der Waals surface area contributed by atoms with Crippen LogP contribution in [0.3, 0.4) is 0 Å². The summed E-state index contributed by atoms with van der Waals surface area (Å²) in [4.78, 5) is 31.9. The lowest BCUT2D eigenvalue weighted by Crippen LogP contribution is -2.41. The van der Waals surface area contributed by atoms with Crippen LogP contribution in [0, 0.1) is 5.82 Å². The van der Waals surface area contributed by atoms with Crippen molar-refractivity contribution in [2.75, 3.05) is 45.8 Å². The molecule has 2 saturated heterocycles. The van der Waals surface area contributed by atoms with Gasteiger partial charge in [-0.1, -0.05) is 30.7 Å². The lowest BCUT2D eigenvalue weighted by molar-refractivity contribution is -0.130. The standard InChI is InChI=1S/C25H30FN3O2/c26-23-9-7-20(8-10-23)21-5-4-6-22(19-21)25(31)29-14-11-24(30)28(17-18-29)16-15-27-12-2-1-3-13-27/h4-10,19H,1-3,11-18H2. The second-order valence-corrected chi connectivity index (χ2v) is 8.41. The molecule has 0 saturated carbocycles. The zero-order chi connectivity index (χ0) is 21.6. The van der Waals surface area contributed by atoms with Crippen LogP contribution in [0.1, 0.15) is 36.0 Å².